The third-order valence-electron chi connectivity index (χ3n) is 2.14. The maximum Gasteiger partial charge on any atom is 0.313 e. The van der Waals surface area contributed by atoms with Gasteiger partial charge in [-0.15, -0.1) is 10.2 Å². The van der Waals surface area contributed by atoms with Gasteiger partial charge in [0.25, 0.3) is 0 Å². The Bertz CT molecular complexity index is 634. The summed E-state index contributed by atoms with van der Waals surface area (Å²) in [4.78, 5) is 10.6. The zero-order chi connectivity index (χ0) is 14.0. The zero-order valence-corrected chi connectivity index (χ0v) is 12.5. The Labute approximate surface area is 126 Å². The lowest BCUT2D eigenvalue weighted by Gasteiger charge is -2.08. The van der Waals surface area contributed by atoms with Crippen LogP contribution in [0.2, 0.25) is 5.02 Å². The van der Waals surface area contributed by atoms with E-state index in [4.69, 9.17) is 22.4 Å². The average molecular weight is 364 g/mol. The topological polar surface area (TPSA) is 94.0 Å². The second-order valence-electron chi connectivity index (χ2n) is 3.46. The molecule has 0 unspecified atom stereocenters. The van der Waals surface area contributed by atoms with Crippen LogP contribution in [-0.4, -0.2) is 31.6 Å². The smallest absolute Gasteiger partial charge is 0.313 e. The molecule has 0 aliphatic rings. The number of aromatic nitrogens is 3. The van der Waals surface area contributed by atoms with E-state index in [1.807, 2.05) is 0 Å². The second-order valence-corrected chi connectivity index (χ2v) is 5.66. The molecule has 0 aliphatic carbocycles. The van der Waals surface area contributed by atoms with Gasteiger partial charge < -0.3 is 10.8 Å². The zero-order valence-electron chi connectivity index (χ0n) is 9.38. The molecule has 1 heterocycles. The average Bonchev–Trinajstić information content (AvgIpc) is 2.71. The van der Waals surface area contributed by atoms with E-state index < -0.39 is 5.97 Å². The highest BCUT2D eigenvalue weighted by atomic mass is 79.9. The number of nitrogen functional groups attached to an aromatic ring is 1. The van der Waals surface area contributed by atoms with E-state index in [1.54, 1.807) is 22.8 Å². The fraction of sp³-hybridized carbons (Fsp3) is 0.100. The molecule has 2 aromatic rings. The molecule has 0 radical (unpaired) electrons. The summed E-state index contributed by atoms with van der Waals surface area (Å²) in [5, 5.41) is 17.3. The van der Waals surface area contributed by atoms with Crippen LogP contribution in [0.5, 0.6) is 0 Å². The third kappa shape index (κ3) is 3.20. The van der Waals surface area contributed by atoms with E-state index in [-0.39, 0.29) is 11.7 Å². The molecule has 2 rings (SSSR count). The lowest BCUT2D eigenvalue weighted by Crippen LogP contribution is -2.04. The summed E-state index contributed by atoms with van der Waals surface area (Å²) in [5.74, 6) is -0.870. The molecule has 6 nitrogen and oxygen atoms in total. The van der Waals surface area contributed by atoms with Crippen molar-refractivity contribution in [3.05, 3.63) is 27.7 Å². The van der Waals surface area contributed by atoms with Gasteiger partial charge in [0.05, 0.1) is 16.5 Å². The molecule has 1 aromatic carbocycles. The van der Waals surface area contributed by atoms with Gasteiger partial charge in [-0.3, -0.25) is 9.36 Å². The standard InChI is InChI=1S/C10H8BrClN4O2S/c11-6-3-5(1-2-7(6)12)16-9(13)14-15-10(16)19-4-8(17)18/h1-3H,4H2,(H2,13,14)(H,17,18). The molecule has 0 spiro atoms. The number of nitrogens with zero attached hydrogens (tertiary/aromatic N) is 3. The molecule has 1 aromatic heterocycles. The fourth-order valence-corrected chi connectivity index (χ4v) is 2.53. The summed E-state index contributed by atoms with van der Waals surface area (Å²) in [7, 11) is 0. The van der Waals surface area contributed by atoms with Crippen molar-refractivity contribution in [2.45, 2.75) is 5.16 Å². The highest BCUT2D eigenvalue weighted by molar-refractivity contribution is 9.10. The van der Waals surface area contributed by atoms with Gasteiger partial charge in [0, 0.05) is 4.47 Å². The highest BCUT2D eigenvalue weighted by Crippen LogP contribution is 2.28. The summed E-state index contributed by atoms with van der Waals surface area (Å²) in [6.07, 6.45) is 0. The van der Waals surface area contributed by atoms with Crippen LogP contribution in [0, 0.1) is 0 Å². The first kappa shape index (κ1) is 14.2. The van der Waals surface area contributed by atoms with Crippen LogP contribution in [0.25, 0.3) is 5.69 Å². The molecule has 100 valence electrons. The minimum atomic E-state index is -0.935. The second kappa shape index (κ2) is 5.81. The molecule has 0 atom stereocenters. The van der Waals surface area contributed by atoms with E-state index in [0.29, 0.717) is 20.3 Å². The number of hydrogen-bond acceptors (Lipinski definition) is 5. The molecule has 0 aliphatic heterocycles. The largest absolute Gasteiger partial charge is 0.481 e. The number of carboxylic acid groups (broad SMARTS) is 1. The number of aliphatic carboxylic acids is 1. The Kier molecular flexibility index (Phi) is 4.33. The first-order valence-electron chi connectivity index (χ1n) is 5.00. The molecule has 3 N–H and O–H groups in total. The van der Waals surface area contributed by atoms with Gasteiger partial charge in [0.1, 0.15) is 0 Å². The Hall–Kier alpha value is -1.25. The van der Waals surface area contributed by atoms with Crippen molar-refractivity contribution in [2.24, 2.45) is 0 Å². The summed E-state index contributed by atoms with van der Waals surface area (Å²) in [6, 6.07) is 5.20. The van der Waals surface area contributed by atoms with Crippen molar-refractivity contribution in [3.63, 3.8) is 0 Å². The normalized spacial score (nSPS) is 10.6. The van der Waals surface area contributed by atoms with Crippen LogP contribution in [0.1, 0.15) is 0 Å². The summed E-state index contributed by atoms with van der Waals surface area (Å²) < 4.78 is 2.27. The predicted molar refractivity (Wildman–Crippen MR) is 76.8 cm³/mol. The molecule has 0 bridgehead atoms. The first-order chi connectivity index (χ1) is 8.99. The molecule has 0 saturated heterocycles. The van der Waals surface area contributed by atoms with E-state index >= 15 is 0 Å². The molecule has 9 heteroatoms. The number of carboxylic acids is 1. The summed E-state index contributed by atoms with van der Waals surface area (Å²) in [5.41, 5.74) is 6.45. The van der Waals surface area contributed by atoms with Gasteiger partial charge in [-0.2, -0.15) is 0 Å². The van der Waals surface area contributed by atoms with E-state index in [9.17, 15) is 4.79 Å². The molecule has 0 fully saturated rings. The molecule has 0 amide bonds. The lowest BCUT2D eigenvalue weighted by atomic mass is 10.3. The Morgan fingerprint density at radius 2 is 2.26 bits per heavy atom. The van der Waals surface area contributed by atoms with Crippen LogP contribution in [0.15, 0.2) is 27.8 Å². The third-order valence-corrected chi connectivity index (χ3v) is 4.27. The number of carbonyl (C=O) groups is 1. The fourth-order valence-electron chi connectivity index (χ4n) is 1.37. The Balaban J connectivity index is 2.40. The van der Waals surface area contributed by atoms with Crippen LogP contribution >= 0.6 is 39.3 Å². The first-order valence-corrected chi connectivity index (χ1v) is 7.15. The lowest BCUT2D eigenvalue weighted by molar-refractivity contribution is -0.133. The molecular weight excluding hydrogens is 356 g/mol. The van der Waals surface area contributed by atoms with Crippen molar-refractivity contribution >= 4 is 51.2 Å². The van der Waals surface area contributed by atoms with Crippen LogP contribution in [0.3, 0.4) is 0 Å². The predicted octanol–water partition coefficient (Wildman–Crippen LogP) is 2.44. The Morgan fingerprint density at radius 1 is 1.53 bits per heavy atom. The highest BCUT2D eigenvalue weighted by Gasteiger charge is 2.14. The minimum absolute atomic E-state index is 0.118. The summed E-state index contributed by atoms with van der Waals surface area (Å²) in [6.45, 7) is 0. The van der Waals surface area contributed by atoms with Crippen molar-refractivity contribution in [3.8, 4) is 5.69 Å². The van der Waals surface area contributed by atoms with Crippen LogP contribution < -0.4 is 5.73 Å². The van der Waals surface area contributed by atoms with Crippen LogP contribution in [0.4, 0.5) is 5.95 Å². The van der Waals surface area contributed by atoms with Gasteiger partial charge in [0.15, 0.2) is 5.16 Å². The number of nitrogens with two attached hydrogens (primary N) is 1. The van der Waals surface area contributed by atoms with Crippen molar-refractivity contribution < 1.29 is 9.90 Å². The maximum atomic E-state index is 10.6. The quantitative estimate of drug-likeness (QED) is 0.810. The van der Waals surface area contributed by atoms with Crippen molar-refractivity contribution in [2.75, 3.05) is 11.5 Å². The van der Waals surface area contributed by atoms with Gasteiger partial charge in [-0.05, 0) is 34.1 Å². The molecule has 0 saturated carbocycles. The van der Waals surface area contributed by atoms with Crippen molar-refractivity contribution in [1.82, 2.24) is 14.8 Å². The number of thioether (sulfide) groups is 1. The summed E-state index contributed by atoms with van der Waals surface area (Å²) >= 11 is 10.3. The van der Waals surface area contributed by atoms with Gasteiger partial charge in [-0.25, -0.2) is 0 Å². The van der Waals surface area contributed by atoms with E-state index in [1.165, 1.54) is 0 Å². The SMILES string of the molecule is Nc1nnc(SCC(=O)O)n1-c1ccc(Cl)c(Br)c1. The van der Waals surface area contributed by atoms with Gasteiger partial charge >= 0.3 is 5.97 Å². The Morgan fingerprint density at radius 3 is 2.89 bits per heavy atom. The minimum Gasteiger partial charge on any atom is -0.481 e. The molecular formula is C10H8BrClN4O2S. The monoisotopic (exact) mass is 362 g/mol. The van der Waals surface area contributed by atoms with Crippen LogP contribution in [-0.2, 0) is 4.79 Å². The number of rotatable bonds is 4. The van der Waals surface area contributed by atoms with E-state index in [0.717, 1.165) is 11.8 Å². The number of halogens is 2. The molecule has 19 heavy (non-hydrogen) atoms. The van der Waals surface area contributed by atoms with Gasteiger partial charge in [0.2, 0.25) is 5.95 Å². The van der Waals surface area contributed by atoms with Crippen molar-refractivity contribution in [1.29, 1.82) is 0 Å². The number of anilines is 1. The number of benzene rings is 1. The van der Waals surface area contributed by atoms with Gasteiger partial charge in [-0.1, -0.05) is 23.4 Å². The maximum absolute atomic E-state index is 10.6. The van der Waals surface area contributed by atoms with E-state index in [2.05, 4.69) is 26.1 Å². The number of hydrogen-bond donors (Lipinski definition) is 2.